The Hall–Kier alpha value is -0.430. The number of sulfonamides is 1. The summed E-state index contributed by atoms with van der Waals surface area (Å²) in [5, 5.41) is 9.02. The molecule has 2 unspecified atom stereocenters. The zero-order valence-corrected chi connectivity index (χ0v) is 11.8. The molecule has 1 aliphatic carbocycles. The van der Waals surface area contributed by atoms with E-state index in [4.69, 9.17) is 5.11 Å². The van der Waals surface area contributed by atoms with Crippen molar-refractivity contribution in [2.45, 2.75) is 30.9 Å². The third kappa shape index (κ3) is 2.88. The zero-order chi connectivity index (χ0) is 12.6. The first-order valence-electron chi connectivity index (χ1n) is 5.35. The molecule has 1 aliphatic rings. The fourth-order valence-electron chi connectivity index (χ4n) is 1.60. The molecule has 2 rings (SSSR count). The molecule has 2 atom stereocenters. The normalized spacial score (nSPS) is 23.7. The zero-order valence-electron chi connectivity index (χ0n) is 9.35. The fourth-order valence-corrected chi connectivity index (χ4v) is 3.97. The average Bonchev–Trinajstić information content (AvgIpc) is 2.93. The lowest BCUT2D eigenvalue weighted by Crippen LogP contribution is -2.27. The van der Waals surface area contributed by atoms with Gasteiger partial charge in [0.25, 0.3) is 0 Å². The van der Waals surface area contributed by atoms with Gasteiger partial charge in [0.15, 0.2) is 0 Å². The highest BCUT2D eigenvalue weighted by Gasteiger charge is 2.36. The lowest BCUT2D eigenvalue weighted by Gasteiger charge is -2.09. The molecule has 0 spiro atoms. The van der Waals surface area contributed by atoms with Gasteiger partial charge in [0, 0.05) is 10.5 Å². The minimum absolute atomic E-state index is 0.0460. The Morgan fingerprint density at radius 1 is 1.53 bits per heavy atom. The van der Waals surface area contributed by atoms with Gasteiger partial charge in [0.05, 0.1) is 11.5 Å². The van der Waals surface area contributed by atoms with Crippen molar-refractivity contribution in [3.8, 4) is 0 Å². The average molecular weight is 320 g/mol. The first-order chi connectivity index (χ1) is 7.94. The van der Waals surface area contributed by atoms with E-state index in [9.17, 15) is 8.42 Å². The van der Waals surface area contributed by atoms with Gasteiger partial charge >= 0.3 is 0 Å². The highest BCUT2D eigenvalue weighted by molar-refractivity contribution is 9.10. The number of hydrogen-bond donors (Lipinski definition) is 2. The fraction of sp³-hybridized carbons (Fsp3) is 0.455. The number of aliphatic hydroxyl groups excluding tert-OH is 1. The highest BCUT2D eigenvalue weighted by atomic mass is 79.9. The van der Waals surface area contributed by atoms with E-state index in [2.05, 4.69) is 20.7 Å². The third-order valence-electron chi connectivity index (χ3n) is 2.88. The van der Waals surface area contributed by atoms with E-state index in [-0.39, 0.29) is 17.5 Å². The summed E-state index contributed by atoms with van der Waals surface area (Å²) in [6, 6.07) is 4.85. The summed E-state index contributed by atoms with van der Waals surface area (Å²) in [4.78, 5) is 0.183. The first kappa shape index (κ1) is 13.0. The van der Waals surface area contributed by atoms with E-state index in [0.717, 1.165) is 6.42 Å². The van der Waals surface area contributed by atoms with Crippen LogP contribution in [-0.4, -0.2) is 19.6 Å². The van der Waals surface area contributed by atoms with Crippen molar-refractivity contribution in [3.63, 3.8) is 0 Å². The smallest absolute Gasteiger partial charge is 0.241 e. The Morgan fingerprint density at radius 2 is 2.18 bits per heavy atom. The van der Waals surface area contributed by atoms with Gasteiger partial charge in [0.2, 0.25) is 10.0 Å². The monoisotopic (exact) mass is 319 g/mol. The van der Waals surface area contributed by atoms with Gasteiger partial charge in [-0.05, 0) is 46.0 Å². The molecule has 4 nitrogen and oxygen atoms in total. The number of benzene rings is 1. The van der Waals surface area contributed by atoms with Gasteiger partial charge in [-0.2, -0.15) is 0 Å². The Bertz CT molecular complexity index is 530. The van der Waals surface area contributed by atoms with E-state index < -0.39 is 10.0 Å². The van der Waals surface area contributed by atoms with Crippen molar-refractivity contribution in [2.75, 3.05) is 0 Å². The van der Waals surface area contributed by atoms with Gasteiger partial charge in [-0.25, -0.2) is 13.1 Å². The van der Waals surface area contributed by atoms with Crippen molar-refractivity contribution in [1.29, 1.82) is 0 Å². The summed E-state index contributed by atoms with van der Waals surface area (Å²) in [7, 11) is -3.50. The van der Waals surface area contributed by atoms with Crippen molar-refractivity contribution < 1.29 is 13.5 Å². The van der Waals surface area contributed by atoms with Gasteiger partial charge in [-0.15, -0.1) is 0 Å². The van der Waals surface area contributed by atoms with E-state index in [0.29, 0.717) is 16.0 Å². The molecule has 1 fully saturated rings. The standard InChI is InChI=1S/C11H14BrNO3S/c1-7-4-10(7)13-17(15,16)11-5-8(6-14)2-3-9(11)12/h2-3,5,7,10,13-14H,4,6H2,1H3. The lowest BCUT2D eigenvalue weighted by atomic mass is 10.2. The van der Waals surface area contributed by atoms with Crippen LogP contribution in [0.1, 0.15) is 18.9 Å². The number of aliphatic hydroxyl groups is 1. The second-order valence-electron chi connectivity index (χ2n) is 4.36. The van der Waals surface area contributed by atoms with Gasteiger partial charge < -0.3 is 5.11 Å². The van der Waals surface area contributed by atoms with Crippen LogP contribution in [0.5, 0.6) is 0 Å². The minimum Gasteiger partial charge on any atom is -0.392 e. The van der Waals surface area contributed by atoms with Crippen LogP contribution < -0.4 is 4.72 Å². The maximum absolute atomic E-state index is 12.1. The second-order valence-corrected chi connectivity index (χ2v) is 6.90. The Morgan fingerprint density at radius 3 is 2.71 bits per heavy atom. The summed E-state index contributed by atoms with van der Waals surface area (Å²) >= 11 is 3.22. The summed E-state index contributed by atoms with van der Waals surface area (Å²) in [6.07, 6.45) is 0.885. The van der Waals surface area contributed by atoms with Crippen molar-refractivity contribution in [3.05, 3.63) is 28.2 Å². The van der Waals surface area contributed by atoms with Crippen LogP contribution in [0.3, 0.4) is 0 Å². The van der Waals surface area contributed by atoms with Crippen LogP contribution in [0.25, 0.3) is 0 Å². The molecular weight excluding hydrogens is 306 g/mol. The SMILES string of the molecule is CC1CC1NS(=O)(=O)c1cc(CO)ccc1Br. The molecule has 0 heterocycles. The number of halogens is 1. The van der Waals surface area contributed by atoms with Crippen molar-refractivity contribution in [2.24, 2.45) is 5.92 Å². The molecule has 0 aliphatic heterocycles. The molecule has 94 valence electrons. The molecule has 0 amide bonds. The Labute approximate surface area is 109 Å². The molecular formula is C11H14BrNO3S. The number of nitrogens with one attached hydrogen (secondary N) is 1. The summed E-state index contributed by atoms with van der Waals surface area (Å²) in [5.41, 5.74) is 0.581. The van der Waals surface area contributed by atoms with Crippen LogP contribution in [0.2, 0.25) is 0 Å². The van der Waals surface area contributed by atoms with Gasteiger partial charge in [-0.1, -0.05) is 13.0 Å². The maximum Gasteiger partial charge on any atom is 0.241 e. The predicted octanol–water partition coefficient (Wildman–Crippen LogP) is 1.63. The van der Waals surface area contributed by atoms with Gasteiger partial charge in [0.1, 0.15) is 0 Å². The van der Waals surface area contributed by atoms with E-state index >= 15 is 0 Å². The lowest BCUT2D eigenvalue weighted by molar-refractivity contribution is 0.281. The highest BCUT2D eigenvalue weighted by Crippen LogP contribution is 2.32. The Kier molecular flexibility index (Phi) is 3.58. The van der Waals surface area contributed by atoms with Crippen LogP contribution in [-0.2, 0) is 16.6 Å². The molecule has 6 heteroatoms. The van der Waals surface area contributed by atoms with E-state index in [1.807, 2.05) is 6.92 Å². The van der Waals surface area contributed by atoms with E-state index in [1.165, 1.54) is 6.07 Å². The number of rotatable bonds is 4. The molecule has 17 heavy (non-hydrogen) atoms. The molecule has 1 saturated carbocycles. The summed E-state index contributed by atoms with van der Waals surface area (Å²) < 4.78 is 27.3. The first-order valence-corrected chi connectivity index (χ1v) is 7.63. The quantitative estimate of drug-likeness (QED) is 0.886. The topological polar surface area (TPSA) is 66.4 Å². The molecule has 1 aromatic carbocycles. The largest absolute Gasteiger partial charge is 0.392 e. The van der Waals surface area contributed by atoms with Gasteiger partial charge in [-0.3, -0.25) is 0 Å². The predicted molar refractivity (Wildman–Crippen MR) is 68.0 cm³/mol. The van der Waals surface area contributed by atoms with Crippen molar-refractivity contribution >= 4 is 26.0 Å². The molecule has 2 N–H and O–H groups in total. The molecule has 1 aromatic rings. The molecule has 0 radical (unpaired) electrons. The van der Waals surface area contributed by atoms with Crippen molar-refractivity contribution in [1.82, 2.24) is 4.72 Å². The summed E-state index contributed by atoms with van der Waals surface area (Å²) in [5.74, 6) is 0.407. The summed E-state index contributed by atoms with van der Waals surface area (Å²) in [6.45, 7) is 1.84. The minimum atomic E-state index is -3.50. The Balaban J connectivity index is 2.31. The van der Waals surface area contributed by atoms with Crippen LogP contribution in [0, 0.1) is 5.92 Å². The van der Waals surface area contributed by atoms with Crippen LogP contribution in [0.15, 0.2) is 27.6 Å². The molecule has 0 aromatic heterocycles. The number of hydrogen-bond acceptors (Lipinski definition) is 3. The molecule has 0 saturated heterocycles. The second kappa shape index (κ2) is 4.68. The third-order valence-corrected chi connectivity index (χ3v) is 5.37. The maximum atomic E-state index is 12.1. The van der Waals surface area contributed by atoms with Crippen LogP contribution >= 0.6 is 15.9 Å². The molecule has 0 bridgehead atoms. The van der Waals surface area contributed by atoms with E-state index in [1.54, 1.807) is 12.1 Å². The van der Waals surface area contributed by atoms with Crippen LogP contribution in [0.4, 0.5) is 0 Å².